The number of nitrogens with zero attached hydrogens (tertiary/aromatic N) is 1. The monoisotopic (exact) mass is 258 g/mol. The van der Waals surface area contributed by atoms with Crippen LogP contribution in [-0.4, -0.2) is 19.6 Å². The van der Waals surface area contributed by atoms with Crippen LogP contribution in [0.2, 0.25) is 0 Å². The summed E-state index contributed by atoms with van der Waals surface area (Å²) >= 11 is 0. The molecule has 1 aliphatic heterocycles. The summed E-state index contributed by atoms with van der Waals surface area (Å²) in [6, 6.07) is 7.72. The number of fused-ring (bicyclic) bond motifs is 1. The van der Waals surface area contributed by atoms with Crippen LogP contribution in [0, 0.1) is 5.92 Å². The fraction of sp³-hybridized carbons (Fsp3) is 0.647. The van der Waals surface area contributed by atoms with Gasteiger partial charge >= 0.3 is 0 Å². The van der Waals surface area contributed by atoms with Crippen molar-refractivity contribution in [3.63, 3.8) is 0 Å². The summed E-state index contributed by atoms with van der Waals surface area (Å²) in [5, 5.41) is 3.76. The largest absolute Gasteiger partial charge is 0.374 e. The Hall–Kier alpha value is -1.02. The van der Waals surface area contributed by atoms with Crippen molar-refractivity contribution in [2.24, 2.45) is 5.92 Å². The Morgan fingerprint density at radius 2 is 2.21 bits per heavy atom. The Labute approximate surface area is 117 Å². The molecule has 1 aliphatic carbocycles. The standard InChI is InChI=1S/C17H26N2/c1-13-4-3-5-16(10-13)18-12-14-6-7-17-15(11-14)8-9-19(17)2/h6-7,11,13,16,18H,3-5,8-10,12H2,1-2H3. The molecule has 1 fully saturated rings. The minimum atomic E-state index is 0.736. The van der Waals surface area contributed by atoms with Gasteiger partial charge in [-0.15, -0.1) is 0 Å². The quantitative estimate of drug-likeness (QED) is 0.894. The highest BCUT2D eigenvalue weighted by atomic mass is 15.1. The van der Waals surface area contributed by atoms with Gasteiger partial charge < -0.3 is 10.2 Å². The van der Waals surface area contributed by atoms with E-state index in [9.17, 15) is 0 Å². The first kappa shape index (κ1) is 13.0. The van der Waals surface area contributed by atoms with E-state index in [0.717, 1.165) is 18.5 Å². The molecule has 1 aromatic rings. The molecule has 2 aliphatic rings. The topological polar surface area (TPSA) is 15.3 Å². The summed E-state index contributed by atoms with van der Waals surface area (Å²) < 4.78 is 0. The lowest BCUT2D eigenvalue weighted by Gasteiger charge is -2.27. The highest BCUT2D eigenvalue weighted by Gasteiger charge is 2.19. The summed E-state index contributed by atoms with van der Waals surface area (Å²) in [5.41, 5.74) is 4.40. The van der Waals surface area contributed by atoms with Gasteiger partial charge in [0, 0.05) is 31.9 Å². The van der Waals surface area contributed by atoms with E-state index >= 15 is 0 Å². The van der Waals surface area contributed by atoms with Gasteiger partial charge in [0.05, 0.1) is 0 Å². The molecule has 3 rings (SSSR count). The molecule has 0 aromatic heterocycles. The number of anilines is 1. The van der Waals surface area contributed by atoms with Gasteiger partial charge in [-0.1, -0.05) is 31.9 Å². The fourth-order valence-electron chi connectivity index (χ4n) is 3.61. The molecular formula is C17H26N2. The number of nitrogens with one attached hydrogen (secondary N) is 1. The van der Waals surface area contributed by atoms with Crippen molar-refractivity contribution in [1.82, 2.24) is 5.32 Å². The molecule has 2 nitrogen and oxygen atoms in total. The zero-order valence-corrected chi connectivity index (χ0v) is 12.3. The van der Waals surface area contributed by atoms with Crippen molar-refractivity contribution in [2.45, 2.75) is 51.6 Å². The second kappa shape index (κ2) is 5.54. The molecule has 1 aromatic carbocycles. The van der Waals surface area contributed by atoms with Crippen LogP contribution >= 0.6 is 0 Å². The van der Waals surface area contributed by atoms with Crippen molar-refractivity contribution in [3.8, 4) is 0 Å². The Morgan fingerprint density at radius 3 is 3.05 bits per heavy atom. The van der Waals surface area contributed by atoms with Gasteiger partial charge in [-0.25, -0.2) is 0 Å². The Balaban J connectivity index is 1.58. The molecule has 2 heteroatoms. The Morgan fingerprint density at radius 1 is 1.32 bits per heavy atom. The van der Waals surface area contributed by atoms with Crippen molar-refractivity contribution in [3.05, 3.63) is 29.3 Å². The lowest BCUT2D eigenvalue weighted by molar-refractivity contribution is 0.300. The van der Waals surface area contributed by atoms with Gasteiger partial charge in [0.25, 0.3) is 0 Å². The van der Waals surface area contributed by atoms with Gasteiger partial charge in [-0.05, 0) is 42.4 Å². The van der Waals surface area contributed by atoms with Gasteiger partial charge in [-0.2, -0.15) is 0 Å². The molecule has 1 heterocycles. The Bertz CT molecular complexity index is 441. The average Bonchev–Trinajstić information content (AvgIpc) is 2.78. The zero-order valence-electron chi connectivity index (χ0n) is 12.3. The van der Waals surface area contributed by atoms with Crippen LogP contribution in [0.1, 0.15) is 43.7 Å². The van der Waals surface area contributed by atoms with E-state index < -0.39 is 0 Å². The Kier molecular flexibility index (Phi) is 3.79. The molecule has 19 heavy (non-hydrogen) atoms. The van der Waals surface area contributed by atoms with E-state index in [4.69, 9.17) is 0 Å². The summed E-state index contributed by atoms with van der Waals surface area (Å²) in [5.74, 6) is 0.903. The van der Waals surface area contributed by atoms with Crippen LogP contribution in [0.25, 0.3) is 0 Å². The molecule has 0 bridgehead atoms. The van der Waals surface area contributed by atoms with E-state index in [2.05, 4.69) is 42.4 Å². The normalized spacial score (nSPS) is 26.5. The molecule has 0 amide bonds. The molecule has 104 valence electrons. The van der Waals surface area contributed by atoms with Crippen LogP contribution < -0.4 is 10.2 Å². The predicted molar refractivity (Wildman–Crippen MR) is 81.7 cm³/mol. The summed E-state index contributed by atoms with van der Waals surface area (Å²) in [6.45, 7) is 4.60. The van der Waals surface area contributed by atoms with Gasteiger partial charge in [0.15, 0.2) is 0 Å². The van der Waals surface area contributed by atoms with E-state index in [-0.39, 0.29) is 0 Å². The maximum absolute atomic E-state index is 3.76. The van der Waals surface area contributed by atoms with E-state index in [0.29, 0.717) is 0 Å². The van der Waals surface area contributed by atoms with Crippen LogP contribution in [-0.2, 0) is 13.0 Å². The maximum Gasteiger partial charge on any atom is 0.0397 e. The van der Waals surface area contributed by atoms with Crippen molar-refractivity contribution in [1.29, 1.82) is 0 Å². The number of rotatable bonds is 3. The van der Waals surface area contributed by atoms with E-state index in [1.807, 2.05) is 0 Å². The minimum absolute atomic E-state index is 0.736. The minimum Gasteiger partial charge on any atom is -0.374 e. The van der Waals surface area contributed by atoms with E-state index in [1.165, 1.54) is 55.5 Å². The molecule has 0 radical (unpaired) electrons. The van der Waals surface area contributed by atoms with Crippen molar-refractivity contribution >= 4 is 5.69 Å². The zero-order chi connectivity index (χ0) is 13.2. The van der Waals surface area contributed by atoms with Gasteiger partial charge in [-0.3, -0.25) is 0 Å². The first-order valence-corrected chi connectivity index (χ1v) is 7.78. The van der Waals surface area contributed by atoms with Crippen LogP contribution in [0.3, 0.4) is 0 Å². The predicted octanol–water partition coefficient (Wildman–Crippen LogP) is 3.35. The lowest BCUT2D eigenvalue weighted by atomic mass is 9.87. The molecule has 1 saturated carbocycles. The third-order valence-corrected chi connectivity index (χ3v) is 4.80. The van der Waals surface area contributed by atoms with Gasteiger partial charge in [0.1, 0.15) is 0 Å². The molecule has 1 N–H and O–H groups in total. The SMILES string of the molecule is CC1CCCC(NCc2ccc3c(c2)CCN3C)C1. The van der Waals surface area contributed by atoms with Crippen LogP contribution in [0.4, 0.5) is 5.69 Å². The van der Waals surface area contributed by atoms with Gasteiger partial charge in [0.2, 0.25) is 0 Å². The molecular weight excluding hydrogens is 232 g/mol. The van der Waals surface area contributed by atoms with Crippen LogP contribution in [0.5, 0.6) is 0 Å². The smallest absolute Gasteiger partial charge is 0.0397 e. The average molecular weight is 258 g/mol. The number of hydrogen-bond donors (Lipinski definition) is 1. The fourth-order valence-corrected chi connectivity index (χ4v) is 3.61. The van der Waals surface area contributed by atoms with E-state index in [1.54, 1.807) is 0 Å². The van der Waals surface area contributed by atoms with Crippen molar-refractivity contribution < 1.29 is 0 Å². The number of likely N-dealkylation sites (N-methyl/N-ethyl adjacent to an activating group) is 1. The summed E-state index contributed by atoms with van der Waals surface area (Å²) in [7, 11) is 2.19. The third kappa shape index (κ3) is 2.94. The molecule has 0 spiro atoms. The highest BCUT2D eigenvalue weighted by Crippen LogP contribution is 2.28. The first-order valence-electron chi connectivity index (χ1n) is 7.78. The van der Waals surface area contributed by atoms with Crippen LogP contribution in [0.15, 0.2) is 18.2 Å². The first-order chi connectivity index (χ1) is 9.22. The molecule has 2 unspecified atom stereocenters. The van der Waals surface area contributed by atoms with Crippen molar-refractivity contribution in [2.75, 3.05) is 18.5 Å². The lowest BCUT2D eigenvalue weighted by Crippen LogP contribution is -2.33. The second-order valence-corrected chi connectivity index (χ2v) is 6.48. The summed E-state index contributed by atoms with van der Waals surface area (Å²) in [6.07, 6.45) is 6.74. The number of benzene rings is 1. The molecule has 0 saturated heterocycles. The number of hydrogen-bond acceptors (Lipinski definition) is 2. The molecule has 2 atom stereocenters. The highest BCUT2D eigenvalue weighted by molar-refractivity contribution is 5.58. The summed E-state index contributed by atoms with van der Waals surface area (Å²) in [4.78, 5) is 2.36. The third-order valence-electron chi connectivity index (χ3n) is 4.80. The second-order valence-electron chi connectivity index (χ2n) is 6.48. The maximum atomic E-state index is 3.76.